The molecule has 2 aromatic rings. The Bertz CT molecular complexity index is 597. The SMILES string of the molecule is COc1ccc(C(O)CNc2c(Cl)cc(Br)cc2Cl)cc1. The monoisotopic (exact) mass is 389 g/mol. The second kappa shape index (κ2) is 7.36. The lowest BCUT2D eigenvalue weighted by Gasteiger charge is -2.15. The lowest BCUT2D eigenvalue weighted by molar-refractivity contribution is 0.191. The molecule has 1 atom stereocenters. The van der Waals surface area contributed by atoms with Crippen LogP contribution in [-0.4, -0.2) is 18.8 Å². The van der Waals surface area contributed by atoms with Crippen LogP contribution in [-0.2, 0) is 0 Å². The summed E-state index contributed by atoms with van der Waals surface area (Å²) in [6.07, 6.45) is -0.674. The molecule has 112 valence electrons. The number of rotatable bonds is 5. The molecule has 2 rings (SSSR count). The van der Waals surface area contributed by atoms with Gasteiger partial charge in [-0.1, -0.05) is 51.3 Å². The number of nitrogens with one attached hydrogen (secondary N) is 1. The van der Waals surface area contributed by atoms with Gasteiger partial charge in [0.15, 0.2) is 0 Å². The van der Waals surface area contributed by atoms with Crippen molar-refractivity contribution in [3.8, 4) is 5.75 Å². The average Bonchev–Trinajstić information content (AvgIpc) is 2.46. The highest BCUT2D eigenvalue weighted by Gasteiger charge is 2.11. The Morgan fingerprint density at radius 1 is 1.19 bits per heavy atom. The van der Waals surface area contributed by atoms with Gasteiger partial charge in [0.25, 0.3) is 0 Å². The smallest absolute Gasteiger partial charge is 0.118 e. The fraction of sp³-hybridized carbons (Fsp3) is 0.200. The van der Waals surface area contributed by atoms with Gasteiger partial charge < -0.3 is 15.2 Å². The molecule has 0 aliphatic rings. The molecule has 0 amide bonds. The molecule has 2 aromatic carbocycles. The van der Waals surface area contributed by atoms with E-state index >= 15 is 0 Å². The van der Waals surface area contributed by atoms with Gasteiger partial charge in [-0.15, -0.1) is 0 Å². The molecule has 3 nitrogen and oxygen atoms in total. The molecule has 0 fully saturated rings. The first kappa shape index (κ1) is 16.4. The Labute approximate surface area is 142 Å². The van der Waals surface area contributed by atoms with Gasteiger partial charge in [0.1, 0.15) is 5.75 Å². The molecular weight excluding hydrogens is 377 g/mol. The fourth-order valence-corrected chi connectivity index (χ4v) is 3.20. The van der Waals surface area contributed by atoms with E-state index in [0.717, 1.165) is 15.8 Å². The van der Waals surface area contributed by atoms with Crippen LogP contribution in [0.3, 0.4) is 0 Å². The third kappa shape index (κ3) is 4.27. The van der Waals surface area contributed by atoms with E-state index in [-0.39, 0.29) is 0 Å². The van der Waals surface area contributed by atoms with Crippen molar-refractivity contribution in [2.24, 2.45) is 0 Å². The Kier molecular flexibility index (Phi) is 5.76. The summed E-state index contributed by atoms with van der Waals surface area (Å²) >= 11 is 15.6. The summed E-state index contributed by atoms with van der Waals surface area (Å²) in [4.78, 5) is 0. The molecule has 0 aromatic heterocycles. The third-order valence-corrected chi connectivity index (χ3v) is 4.03. The van der Waals surface area contributed by atoms with Gasteiger partial charge in [-0.05, 0) is 29.8 Å². The molecule has 0 saturated carbocycles. The second-order valence-corrected chi connectivity index (χ2v) is 6.14. The number of halogens is 3. The van der Waals surface area contributed by atoms with Crippen molar-refractivity contribution in [1.29, 1.82) is 0 Å². The van der Waals surface area contributed by atoms with Gasteiger partial charge in [0.05, 0.1) is 28.9 Å². The van der Waals surface area contributed by atoms with E-state index in [4.69, 9.17) is 27.9 Å². The van der Waals surface area contributed by atoms with Gasteiger partial charge in [0.2, 0.25) is 0 Å². The van der Waals surface area contributed by atoms with Gasteiger partial charge >= 0.3 is 0 Å². The van der Waals surface area contributed by atoms with Gasteiger partial charge in [0, 0.05) is 11.0 Å². The zero-order valence-corrected chi connectivity index (χ0v) is 14.3. The minimum absolute atomic E-state index is 0.299. The summed E-state index contributed by atoms with van der Waals surface area (Å²) in [5, 5.41) is 14.2. The largest absolute Gasteiger partial charge is 0.497 e. The molecular formula is C15H14BrCl2NO2. The van der Waals surface area contributed by atoms with Gasteiger partial charge in [-0.25, -0.2) is 0 Å². The first-order valence-electron chi connectivity index (χ1n) is 6.21. The van der Waals surface area contributed by atoms with Gasteiger partial charge in [-0.2, -0.15) is 0 Å². The summed E-state index contributed by atoms with van der Waals surface area (Å²) in [6.45, 7) is 0.299. The quantitative estimate of drug-likeness (QED) is 0.761. The molecule has 0 spiro atoms. The van der Waals surface area contributed by atoms with Gasteiger partial charge in [-0.3, -0.25) is 0 Å². The zero-order chi connectivity index (χ0) is 15.4. The first-order valence-corrected chi connectivity index (χ1v) is 7.76. The van der Waals surface area contributed by atoms with Crippen LogP contribution >= 0.6 is 39.1 Å². The van der Waals surface area contributed by atoms with Crippen molar-refractivity contribution in [2.45, 2.75) is 6.10 Å². The molecule has 0 heterocycles. The summed E-state index contributed by atoms with van der Waals surface area (Å²) in [6, 6.07) is 10.7. The number of benzene rings is 2. The molecule has 0 radical (unpaired) electrons. The van der Waals surface area contributed by atoms with Crippen molar-refractivity contribution in [1.82, 2.24) is 0 Å². The highest BCUT2D eigenvalue weighted by atomic mass is 79.9. The van der Waals surface area contributed by atoms with Crippen LogP contribution in [0.2, 0.25) is 10.0 Å². The first-order chi connectivity index (χ1) is 10.0. The lowest BCUT2D eigenvalue weighted by atomic mass is 10.1. The Morgan fingerprint density at radius 2 is 1.76 bits per heavy atom. The van der Waals surface area contributed by atoms with E-state index in [1.165, 1.54) is 0 Å². The molecule has 0 aliphatic carbocycles. The van der Waals surface area contributed by atoms with E-state index in [9.17, 15) is 5.11 Å². The zero-order valence-electron chi connectivity index (χ0n) is 11.2. The second-order valence-electron chi connectivity index (χ2n) is 4.41. The Morgan fingerprint density at radius 3 is 2.29 bits per heavy atom. The van der Waals surface area contributed by atoms with Crippen molar-refractivity contribution >= 4 is 44.8 Å². The Balaban J connectivity index is 2.05. The van der Waals surface area contributed by atoms with Crippen LogP contribution in [0.15, 0.2) is 40.9 Å². The van der Waals surface area contributed by atoms with Crippen molar-refractivity contribution < 1.29 is 9.84 Å². The maximum Gasteiger partial charge on any atom is 0.118 e. The number of anilines is 1. The van der Waals surface area contributed by atoms with Crippen LogP contribution in [0.25, 0.3) is 0 Å². The third-order valence-electron chi connectivity index (χ3n) is 2.98. The fourth-order valence-electron chi connectivity index (χ4n) is 1.85. The molecule has 21 heavy (non-hydrogen) atoms. The number of methoxy groups -OCH3 is 1. The summed E-state index contributed by atoms with van der Waals surface area (Å²) in [5.41, 5.74) is 1.39. The molecule has 2 N–H and O–H groups in total. The summed E-state index contributed by atoms with van der Waals surface area (Å²) < 4.78 is 5.89. The van der Waals surface area contributed by atoms with Crippen molar-refractivity contribution in [2.75, 3.05) is 19.0 Å². The van der Waals surface area contributed by atoms with Crippen LogP contribution in [0.5, 0.6) is 5.75 Å². The standard InChI is InChI=1S/C15H14BrCl2NO2/c1-21-11-4-2-9(3-5-11)14(20)8-19-15-12(17)6-10(16)7-13(15)18/h2-7,14,19-20H,8H2,1H3. The highest BCUT2D eigenvalue weighted by Crippen LogP contribution is 2.34. The minimum Gasteiger partial charge on any atom is -0.497 e. The van der Waals surface area contributed by atoms with Crippen LogP contribution < -0.4 is 10.1 Å². The number of ether oxygens (including phenoxy) is 1. The Hall–Kier alpha value is -0.940. The van der Waals surface area contributed by atoms with E-state index in [0.29, 0.717) is 22.3 Å². The molecule has 0 aliphatic heterocycles. The summed E-state index contributed by atoms with van der Waals surface area (Å²) in [5.74, 6) is 0.748. The minimum atomic E-state index is -0.674. The van der Waals surface area contributed by atoms with E-state index in [1.54, 1.807) is 31.4 Å². The van der Waals surface area contributed by atoms with E-state index < -0.39 is 6.10 Å². The van der Waals surface area contributed by atoms with Crippen LogP contribution in [0.1, 0.15) is 11.7 Å². The van der Waals surface area contributed by atoms with Crippen LogP contribution in [0, 0.1) is 0 Å². The maximum absolute atomic E-state index is 10.2. The van der Waals surface area contributed by atoms with E-state index in [2.05, 4.69) is 21.2 Å². The predicted octanol–water partition coefficient (Wildman–Crippen LogP) is 4.91. The highest BCUT2D eigenvalue weighted by molar-refractivity contribution is 9.10. The number of hydrogen-bond donors (Lipinski definition) is 2. The van der Waals surface area contributed by atoms with Crippen LogP contribution in [0.4, 0.5) is 5.69 Å². The predicted molar refractivity (Wildman–Crippen MR) is 90.6 cm³/mol. The average molecular weight is 391 g/mol. The molecule has 0 saturated heterocycles. The lowest BCUT2D eigenvalue weighted by Crippen LogP contribution is -2.12. The maximum atomic E-state index is 10.2. The molecule has 0 bridgehead atoms. The topological polar surface area (TPSA) is 41.5 Å². The molecule has 6 heteroatoms. The normalized spacial score (nSPS) is 12.0. The number of aliphatic hydroxyl groups excluding tert-OH is 1. The van der Waals surface area contributed by atoms with Crippen molar-refractivity contribution in [3.63, 3.8) is 0 Å². The van der Waals surface area contributed by atoms with Crippen molar-refractivity contribution in [3.05, 3.63) is 56.5 Å². The number of aliphatic hydroxyl groups is 1. The number of hydrogen-bond acceptors (Lipinski definition) is 3. The molecule has 1 unspecified atom stereocenters. The van der Waals surface area contributed by atoms with E-state index in [1.807, 2.05) is 12.1 Å². The summed E-state index contributed by atoms with van der Waals surface area (Å²) in [7, 11) is 1.60.